The van der Waals surface area contributed by atoms with E-state index in [1.54, 1.807) is 0 Å². The number of piperidine rings is 2. The van der Waals surface area contributed by atoms with Crippen molar-refractivity contribution in [2.75, 3.05) is 33.2 Å². The lowest BCUT2D eigenvalue weighted by atomic mass is 9.65. The number of carbonyl (C=O) groups is 4. The summed E-state index contributed by atoms with van der Waals surface area (Å²) in [6.45, 7) is 7.82. The number of likely N-dealkylation sites (tertiary alicyclic amines) is 2. The minimum absolute atomic E-state index is 0.0839. The molecule has 3 atom stereocenters. The van der Waals surface area contributed by atoms with Gasteiger partial charge in [0.2, 0.25) is 5.91 Å². The number of hydrogen-bond donors (Lipinski definition) is 3. The fourth-order valence-corrected chi connectivity index (χ4v) is 4.96. The number of rotatable bonds is 3. The first-order valence-corrected chi connectivity index (χ1v) is 8.75. The molecule has 9 nitrogen and oxygen atoms in total. The first-order chi connectivity index (χ1) is 12.1. The van der Waals surface area contributed by atoms with Crippen LogP contribution in [0.4, 0.5) is 4.79 Å². The molecule has 4 amide bonds. The molecule has 0 aliphatic carbocycles. The van der Waals surface area contributed by atoms with Crippen molar-refractivity contribution in [1.82, 2.24) is 20.4 Å². The van der Waals surface area contributed by atoms with Crippen molar-refractivity contribution >= 4 is 24.3 Å². The molecule has 3 N–H and O–H groups in total. The third-order valence-electron chi connectivity index (χ3n) is 5.16. The van der Waals surface area contributed by atoms with E-state index >= 15 is 0 Å². The average molecular weight is 368 g/mol. The minimum Gasteiger partial charge on any atom is -0.483 e. The van der Waals surface area contributed by atoms with Crippen molar-refractivity contribution in [2.24, 2.45) is 10.8 Å². The zero-order valence-corrected chi connectivity index (χ0v) is 15.6. The molecule has 3 rings (SSSR count). The van der Waals surface area contributed by atoms with Gasteiger partial charge in [-0.15, -0.1) is 0 Å². The van der Waals surface area contributed by atoms with E-state index in [-0.39, 0.29) is 29.1 Å². The Kier molecular flexibility index (Phi) is 5.90. The molecule has 146 valence electrons. The number of hydrogen-bond acceptors (Lipinski definition) is 5. The van der Waals surface area contributed by atoms with Gasteiger partial charge in [-0.3, -0.25) is 19.7 Å². The molecular formula is C17H28N4O5. The molecule has 3 heterocycles. The highest BCUT2D eigenvalue weighted by Crippen LogP contribution is 2.45. The Hall–Kier alpha value is -2.16. The summed E-state index contributed by atoms with van der Waals surface area (Å²) >= 11 is 0. The fourth-order valence-electron chi connectivity index (χ4n) is 4.96. The van der Waals surface area contributed by atoms with E-state index in [9.17, 15) is 14.4 Å². The Labute approximate surface area is 153 Å². The SMILES string of the molecule is CN1CC2(C)CN(C(=O)CC[C@@H]3NC(=O)NC3=O)CC(C)(C1)C2.O=CO. The van der Waals surface area contributed by atoms with Crippen LogP contribution in [0.2, 0.25) is 0 Å². The van der Waals surface area contributed by atoms with E-state index in [1.165, 1.54) is 0 Å². The number of imide groups is 1. The summed E-state index contributed by atoms with van der Waals surface area (Å²) in [6.07, 6.45) is 1.80. The van der Waals surface area contributed by atoms with Crippen LogP contribution >= 0.6 is 0 Å². The van der Waals surface area contributed by atoms with E-state index in [0.29, 0.717) is 12.8 Å². The van der Waals surface area contributed by atoms with Crippen LogP contribution in [0.3, 0.4) is 0 Å². The minimum atomic E-state index is -0.576. The second-order valence-electron chi connectivity index (χ2n) is 8.38. The lowest BCUT2D eigenvalue weighted by Crippen LogP contribution is -2.62. The van der Waals surface area contributed by atoms with E-state index in [4.69, 9.17) is 9.90 Å². The number of nitrogens with one attached hydrogen (secondary N) is 2. The highest BCUT2D eigenvalue weighted by molar-refractivity contribution is 6.04. The number of carboxylic acid groups (broad SMARTS) is 1. The van der Waals surface area contributed by atoms with Crippen molar-refractivity contribution in [3.05, 3.63) is 0 Å². The lowest BCUT2D eigenvalue weighted by molar-refractivity contribution is -0.144. The first-order valence-electron chi connectivity index (χ1n) is 8.75. The molecule has 26 heavy (non-hydrogen) atoms. The fraction of sp³-hybridized carbons (Fsp3) is 0.765. The van der Waals surface area contributed by atoms with Crippen molar-refractivity contribution in [3.63, 3.8) is 0 Å². The average Bonchev–Trinajstić information content (AvgIpc) is 2.80. The van der Waals surface area contributed by atoms with Crippen LogP contribution < -0.4 is 10.6 Å². The summed E-state index contributed by atoms with van der Waals surface area (Å²) in [6, 6.07) is -1.05. The largest absolute Gasteiger partial charge is 0.483 e. The normalized spacial score (nSPS) is 33.7. The molecular weight excluding hydrogens is 340 g/mol. The van der Waals surface area contributed by atoms with Gasteiger partial charge < -0.3 is 20.2 Å². The molecule has 3 saturated heterocycles. The van der Waals surface area contributed by atoms with Gasteiger partial charge in [0, 0.05) is 32.6 Å². The zero-order valence-electron chi connectivity index (χ0n) is 15.6. The molecule has 0 radical (unpaired) electrons. The van der Waals surface area contributed by atoms with Crippen LogP contribution in [0.15, 0.2) is 0 Å². The Morgan fingerprint density at radius 1 is 1.23 bits per heavy atom. The molecule has 0 spiro atoms. The van der Waals surface area contributed by atoms with Gasteiger partial charge in [0.15, 0.2) is 0 Å². The van der Waals surface area contributed by atoms with Crippen LogP contribution in [0.5, 0.6) is 0 Å². The third-order valence-corrected chi connectivity index (χ3v) is 5.16. The van der Waals surface area contributed by atoms with Crippen LogP contribution in [-0.2, 0) is 14.4 Å². The van der Waals surface area contributed by atoms with Gasteiger partial charge in [0.1, 0.15) is 6.04 Å². The summed E-state index contributed by atoms with van der Waals surface area (Å²) in [5.41, 5.74) is 0.267. The Bertz CT molecular complexity index is 578. The molecule has 3 aliphatic heterocycles. The molecule has 9 heteroatoms. The lowest BCUT2D eigenvalue weighted by Gasteiger charge is -2.56. The van der Waals surface area contributed by atoms with Gasteiger partial charge in [-0.05, 0) is 30.7 Å². The van der Waals surface area contributed by atoms with Gasteiger partial charge in [-0.2, -0.15) is 0 Å². The predicted molar refractivity (Wildman–Crippen MR) is 93.3 cm³/mol. The maximum atomic E-state index is 12.6. The van der Waals surface area contributed by atoms with Gasteiger partial charge >= 0.3 is 6.03 Å². The smallest absolute Gasteiger partial charge is 0.322 e. The maximum absolute atomic E-state index is 12.6. The molecule has 0 saturated carbocycles. The number of nitrogens with zero attached hydrogens (tertiary/aromatic N) is 2. The van der Waals surface area contributed by atoms with Crippen LogP contribution in [0.1, 0.15) is 33.1 Å². The highest BCUT2D eigenvalue weighted by atomic mass is 16.3. The first kappa shape index (κ1) is 20.2. The van der Waals surface area contributed by atoms with Crippen molar-refractivity contribution in [1.29, 1.82) is 0 Å². The molecule has 2 bridgehead atoms. The van der Waals surface area contributed by atoms with Crippen LogP contribution in [0.25, 0.3) is 0 Å². The number of carbonyl (C=O) groups excluding carboxylic acids is 3. The molecule has 0 aromatic carbocycles. The standard InChI is InChI=1S/C16H26N4O3.CH2O2/c1-15-6-16(2,8-19(3)7-15)10-20(9-15)12(21)5-4-11-13(22)18-14(23)17-11;2-1-3/h11H,4-10H2,1-3H3,(H2,17,18,22,23);1H,(H,2,3)/t11-,15?,16?;/m0./s1. The summed E-state index contributed by atoms with van der Waals surface area (Å²) in [4.78, 5) is 48.0. The quantitative estimate of drug-likeness (QED) is 0.471. The summed E-state index contributed by atoms with van der Waals surface area (Å²) in [5, 5.41) is 11.6. The second-order valence-corrected chi connectivity index (χ2v) is 8.38. The Morgan fingerprint density at radius 3 is 2.23 bits per heavy atom. The Balaban J connectivity index is 0.000000758. The van der Waals surface area contributed by atoms with Crippen LogP contribution in [0, 0.1) is 10.8 Å². The zero-order chi connectivity index (χ0) is 19.5. The van der Waals surface area contributed by atoms with E-state index in [1.807, 2.05) is 4.90 Å². The maximum Gasteiger partial charge on any atom is 0.322 e. The predicted octanol–water partition coefficient (Wildman–Crippen LogP) is -0.134. The van der Waals surface area contributed by atoms with Crippen molar-refractivity contribution < 1.29 is 24.3 Å². The van der Waals surface area contributed by atoms with Crippen molar-refractivity contribution in [3.8, 4) is 0 Å². The number of fused-ring (bicyclic) bond motifs is 2. The van der Waals surface area contributed by atoms with E-state index in [0.717, 1.165) is 32.6 Å². The number of amides is 4. The van der Waals surface area contributed by atoms with E-state index in [2.05, 4.69) is 36.4 Å². The summed E-state index contributed by atoms with van der Waals surface area (Å²) in [5.74, 6) is -0.250. The van der Waals surface area contributed by atoms with E-state index < -0.39 is 12.1 Å². The van der Waals surface area contributed by atoms with Gasteiger partial charge in [0.05, 0.1) is 0 Å². The highest BCUT2D eigenvalue weighted by Gasteiger charge is 2.48. The van der Waals surface area contributed by atoms with Crippen molar-refractivity contribution in [2.45, 2.75) is 39.2 Å². The Morgan fingerprint density at radius 2 is 1.77 bits per heavy atom. The third kappa shape index (κ3) is 4.72. The molecule has 3 aliphatic rings. The molecule has 0 aromatic heterocycles. The molecule has 2 unspecified atom stereocenters. The second kappa shape index (κ2) is 7.61. The molecule has 0 aromatic rings. The van der Waals surface area contributed by atoms with Gasteiger partial charge in [-0.25, -0.2) is 4.79 Å². The number of urea groups is 1. The monoisotopic (exact) mass is 368 g/mol. The summed E-state index contributed by atoms with van der Waals surface area (Å²) < 4.78 is 0. The van der Waals surface area contributed by atoms with Gasteiger partial charge in [-0.1, -0.05) is 13.8 Å². The molecule has 3 fully saturated rings. The topological polar surface area (TPSA) is 119 Å². The van der Waals surface area contributed by atoms with Gasteiger partial charge in [0.25, 0.3) is 12.4 Å². The summed E-state index contributed by atoms with van der Waals surface area (Å²) in [7, 11) is 2.15. The van der Waals surface area contributed by atoms with Crippen LogP contribution in [-0.4, -0.2) is 78.5 Å².